The quantitative estimate of drug-likeness (QED) is 0.796. The summed E-state index contributed by atoms with van der Waals surface area (Å²) >= 11 is 1.33. The van der Waals surface area contributed by atoms with Gasteiger partial charge in [0.1, 0.15) is 10.5 Å². The van der Waals surface area contributed by atoms with E-state index >= 15 is 0 Å². The molecule has 0 unspecified atom stereocenters. The highest BCUT2D eigenvalue weighted by Crippen LogP contribution is 2.22. The molecule has 22 heavy (non-hydrogen) atoms. The average molecular weight is 325 g/mol. The molecule has 1 fully saturated rings. The second-order valence-corrected chi connectivity index (χ2v) is 7.55. The van der Waals surface area contributed by atoms with E-state index in [1.165, 1.54) is 11.3 Å². The molecule has 6 nitrogen and oxygen atoms in total. The van der Waals surface area contributed by atoms with Crippen LogP contribution in [0.3, 0.4) is 0 Å². The smallest absolute Gasteiger partial charge is 0.410 e. The fourth-order valence-corrected chi connectivity index (χ4v) is 3.23. The Morgan fingerprint density at radius 2 is 1.86 bits per heavy atom. The molecule has 122 valence electrons. The van der Waals surface area contributed by atoms with E-state index in [1.807, 2.05) is 34.6 Å². The number of thiazole rings is 1. The van der Waals surface area contributed by atoms with E-state index in [2.05, 4.69) is 4.98 Å². The summed E-state index contributed by atoms with van der Waals surface area (Å²) in [5.41, 5.74) is 1.13. The molecular formula is C15H23N3O3S. The molecule has 2 atom stereocenters. The van der Waals surface area contributed by atoms with Crippen LogP contribution in [0.4, 0.5) is 4.79 Å². The Labute approximate surface area is 135 Å². The van der Waals surface area contributed by atoms with Gasteiger partial charge in [-0.05, 0) is 34.6 Å². The Balaban J connectivity index is 2.06. The predicted octanol–water partition coefficient (Wildman–Crippen LogP) is 2.61. The van der Waals surface area contributed by atoms with Crippen molar-refractivity contribution in [1.82, 2.24) is 14.8 Å². The first-order chi connectivity index (χ1) is 10.2. The summed E-state index contributed by atoms with van der Waals surface area (Å²) < 4.78 is 5.46. The highest BCUT2D eigenvalue weighted by molar-refractivity contribution is 7.11. The van der Waals surface area contributed by atoms with E-state index in [-0.39, 0.29) is 24.1 Å². The van der Waals surface area contributed by atoms with Crippen molar-refractivity contribution in [2.24, 2.45) is 0 Å². The lowest BCUT2D eigenvalue weighted by Gasteiger charge is -2.44. The van der Waals surface area contributed by atoms with Crippen molar-refractivity contribution in [1.29, 1.82) is 0 Å². The minimum atomic E-state index is -0.522. The molecule has 7 heteroatoms. The Morgan fingerprint density at radius 3 is 2.32 bits per heavy atom. The number of carbonyl (C=O) groups excluding carboxylic acids is 2. The lowest BCUT2D eigenvalue weighted by atomic mass is 10.1. The molecule has 0 N–H and O–H groups in total. The van der Waals surface area contributed by atoms with Crippen LogP contribution in [0.2, 0.25) is 0 Å². The minimum Gasteiger partial charge on any atom is -0.444 e. The summed E-state index contributed by atoms with van der Waals surface area (Å²) in [6.07, 6.45) is 1.26. The predicted molar refractivity (Wildman–Crippen MR) is 85.0 cm³/mol. The zero-order valence-corrected chi connectivity index (χ0v) is 14.5. The number of amides is 2. The van der Waals surface area contributed by atoms with Crippen LogP contribution in [0.5, 0.6) is 0 Å². The lowest BCUT2D eigenvalue weighted by Crippen LogP contribution is -2.60. The minimum absolute atomic E-state index is 0.0231. The van der Waals surface area contributed by atoms with Gasteiger partial charge in [-0.15, -0.1) is 11.3 Å². The molecule has 1 aliphatic heterocycles. The van der Waals surface area contributed by atoms with Crippen molar-refractivity contribution >= 4 is 23.3 Å². The maximum absolute atomic E-state index is 12.4. The Kier molecular flexibility index (Phi) is 4.75. The standard InChI is InChI=1S/C15H23N3O3S/c1-10-7-17(13(19)12-6-16-9-22-12)8-11(2)18(10)14(20)21-15(3,4)5/h6,9-11H,7-8H2,1-5H3/t10-,11-/m0/s1. The van der Waals surface area contributed by atoms with Crippen molar-refractivity contribution in [3.05, 3.63) is 16.6 Å². The number of aromatic nitrogens is 1. The van der Waals surface area contributed by atoms with Crippen LogP contribution in [-0.2, 0) is 4.74 Å². The van der Waals surface area contributed by atoms with Gasteiger partial charge in [-0.1, -0.05) is 0 Å². The summed E-state index contributed by atoms with van der Waals surface area (Å²) in [7, 11) is 0. The van der Waals surface area contributed by atoms with Crippen molar-refractivity contribution in [3.8, 4) is 0 Å². The van der Waals surface area contributed by atoms with Crippen LogP contribution in [0.25, 0.3) is 0 Å². The SMILES string of the molecule is C[C@H]1CN(C(=O)c2cncs2)C[C@H](C)N1C(=O)OC(C)(C)C. The van der Waals surface area contributed by atoms with Gasteiger partial charge in [-0.3, -0.25) is 14.7 Å². The van der Waals surface area contributed by atoms with Gasteiger partial charge in [0, 0.05) is 13.1 Å². The average Bonchev–Trinajstić information content (AvgIpc) is 2.88. The molecule has 0 saturated carbocycles. The molecule has 1 aromatic rings. The van der Waals surface area contributed by atoms with E-state index in [0.717, 1.165) is 0 Å². The van der Waals surface area contributed by atoms with Crippen molar-refractivity contribution in [2.75, 3.05) is 13.1 Å². The van der Waals surface area contributed by atoms with Crippen LogP contribution >= 0.6 is 11.3 Å². The van der Waals surface area contributed by atoms with E-state index in [1.54, 1.807) is 21.5 Å². The van der Waals surface area contributed by atoms with E-state index < -0.39 is 5.60 Å². The topological polar surface area (TPSA) is 62.7 Å². The zero-order valence-electron chi connectivity index (χ0n) is 13.7. The number of hydrogen-bond donors (Lipinski definition) is 0. The van der Waals surface area contributed by atoms with Gasteiger partial charge in [0.05, 0.1) is 23.8 Å². The Morgan fingerprint density at radius 1 is 1.27 bits per heavy atom. The molecule has 0 spiro atoms. The summed E-state index contributed by atoms with van der Waals surface area (Å²) in [6.45, 7) is 10.4. The molecule has 0 radical (unpaired) electrons. The van der Waals surface area contributed by atoms with Gasteiger partial charge >= 0.3 is 6.09 Å². The van der Waals surface area contributed by atoms with Crippen LogP contribution < -0.4 is 0 Å². The highest BCUT2D eigenvalue weighted by Gasteiger charge is 2.37. The first kappa shape index (κ1) is 16.7. The second-order valence-electron chi connectivity index (χ2n) is 6.66. The maximum atomic E-state index is 12.4. The van der Waals surface area contributed by atoms with Gasteiger partial charge in [-0.25, -0.2) is 4.79 Å². The number of ether oxygens (including phenoxy) is 1. The monoisotopic (exact) mass is 325 g/mol. The second kappa shape index (κ2) is 6.24. The van der Waals surface area contributed by atoms with Crippen molar-refractivity contribution in [3.63, 3.8) is 0 Å². The van der Waals surface area contributed by atoms with E-state index in [9.17, 15) is 9.59 Å². The summed E-state index contributed by atoms with van der Waals surface area (Å²) in [4.78, 5) is 32.8. The fourth-order valence-electron chi connectivity index (χ4n) is 2.64. The van der Waals surface area contributed by atoms with Crippen LogP contribution in [0, 0.1) is 0 Å². The largest absolute Gasteiger partial charge is 0.444 e. The molecule has 0 bridgehead atoms. The van der Waals surface area contributed by atoms with E-state index in [4.69, 9.17) is 4.74 Å². The third-order valence-corrected chi connectivity index (χ3v) is 4.21. The third-order valence-electron chi connectivity index (χ3n) is 3.45. The number of hydrogen-bond acceptors (Lipinski definition) is 5. The van der Waals surface area contributed by atoms with Gasteiger partial charge < -0.3 is 9.64 Å². The van der Waals surface area contributed by atoms with E-state index in [0.29, 0.717) is 18.0 Å². The number of piperazine rings is 1. The first-order valence-electron chi connectivity index (χ1n) is 7.38. The Hall–Kier alpha value is -1.63. The van der Waals surface area contributed by atoms with Crippen LogP contribution in [0.15, 0.2) is 11.7 Å². The van der Waals surface area contributed by atoms with Crippen molar-refractivity contribution in [2.45, 2.75) is 52.3 Å². The van der Waals surface area contributed by atoms with Gasteiger partial charge in [0.2, 0.25) is 0 Å². The van der Waals surface area contributed by atoms with Crippen LogP contribution in [-0.4, -0.2) is 57.6 Å². The zero-order chi connectivity index (χ0) is 16.5. The molecule has 0 aromatic carbocycles. The molecule has 0 aliphatic carbocycles. The number of carbonyl (C=O) groups is 2. The summed E-state index contributed by atoms with van der Waals surface area (Å²) in [5.74, 6) is -0.0231. The number of nitrogens with zero attached hydrogens (tertiary/aromatic N) is 3. The number of rotatable bonds is 1. The maximum Gasteiger partial charge on any atom is 0.410 e. The molecule has 1 saturated heterocycles. The molecule has 1 aromatic heterocycles. The third kappa shape index (κ3) is 3.76. The summed E-state index contributed by atoms with van der Waals surface area (Å²) in [5, 5.41) is 0. The van der Waals surface area contributed by atoms with Gasteiger partial charge in [0.15, 0.2) is 0 Å². The lowest BCUT2D eigenvalue weighted by molar-refractivity contribution is -0.0129. The molecule has 2 rings (SSSR count). The van der Waals surface area contributed by atoms with Gasteiger partial charge in [0.25, 0.3) is 5.91 Å². The first-order valence-corrected chi connectivity index (χ1v) is 8.26. The van der Waals surface area contributed by atoms with Crippen molar-refractivity contribution < 1.29 is 14.3 Å². The molecule has 1 aliphatic rings. The molecule has 2 heterocycles. The normalized spacial score (nSPS) is 22.6. The van der Waals surface area contributed by atoms with Crippen LogP contribution in [0.1, 0.15) is 44.3 Å². The Bertz CT molecular complexity index is 527. The fraction of sp³-hybridized carbons (Fsp3) is 0.667. The van der Waals surface area contributed by atoms with Gasteiger partial charge in [-0.2, -0.15) is 0 Å². The summed E-state index contributed by atoms with van der Waals surface area (Å²) in [6, 6.07) is -0.175. The highest BCUT2D eigenvalue weighted by atomic mass is 32.1. The molecule has 2 amide bonds. The molecular weight excluding hydrogens is 302 g/mol.